The Morgan fingerprint density at radius 3 is 2.30 bits per heavy atom. The van der Waals surface area contributed by atoms with Crippen LogP contribution < -0.4 is 0 Å². The molecular weight excluding hydrogens is 156 g/mol. The molecule has 0 aliphatic rings. The Morgan fingerprint density at radius 2 is 2.00 bits per heavy atom. The van der Waals surface area contributed by atoms with Crippen molar-refractivity contribution in [3.63, 3.8) is 0 Å². The largest absolute Gasteiger partial charge is 0.463 e. The van der Waals surface area contributed by atoms with E-state index in [4.69, 9.17) is 0 Å². The average Bonchev–Trinajstić information content (AvgIpc) is 1.85. The van der Waals surface area contributed by atoms with Crippen LogP contribution >= 0.6 is 12.6 Å². The molecule has 0 aromatic rings. The van der Waals surface area contributed by atoms with Gasteiger partial charge >= 0.3 is 11.3 Å². The minimum absolute atomic E-state index is 0.373. The molecule has 0 fully saturated rings. The van der Waals surface area contributed by atoms with E-state index in [0.29, 0.717) is 0 Å². The first-order valence-electron chi connectivity index (χ1n) is 2.26. The molecule has 0 spiro atoms. The van der Waals surface area contributed by atoms with Gasteiger partial charge in [0.05, 0.1) is 7.11 Å². The predicted octanol–water partition coefficient (Wildman–Crippen LogP) is 0.739. The summed E-state index contributed by atoms with van der Waals surface area (Å²) in [7, 11) is 1.15. The third-order valence-corrected chi connectivity index (χ3v) is 0.715. The van der Waals surface area contributed by atoms with E-state index in [-0.39, 0.29) is 5.76 Å². The summed E-state index contributed by atoms with van der Waals surface area (Å²) in [4.78, 5) is 20.5. The van der Waals surface area contributed by atoms with Gasteiger partial charge in [-0.2, -0.15) is 0 Å². The average molecular weight is 162 g/mol. The molecule has 5 heteroatoms. The Balaban J connectivity index is 3.86. The molecule has 0 radical (unpaired) electrons. The van der Waals surface area contributed by atoms with Crippen molar-refractivity contribution in [2.24, 2.45) is 0 Å². The maximum atomic E-state index is 10.4. The third-order valence-electron chi connectivity index (χ3n) is 0.624. The topological polar surface area (TPSA) is 52.6 Å². The molecular formula is C5H6O4S. The Bertz CT molecular complexity index is 174. The van der Waals surface area contributed by atoms with Crippen molar-refractivity contribution in [3.8, 4) is 0 Å². The SMILES string of the molecule is C=C(OC(=O)S)C(=O)OC. The van der Waals surface area contributed by atoms with Crippen LogP contribution in [0.15, 0.2) is 12.3 Å². The van der Waals surface area contributed by atoms with Crippen LogP contribution in [-0.4, -0.2) is 18.4 Å². The van der Waals surface area contributed by atoms with E-state index in [1.807, 2.05) is 0 Å². The van der Waals surface area contributed by atoms with E-state index < -0.39 is 11.3 Å². The van der Waals surface area contributed by atoms with E-state index >= 15 is 0 Å². The normalized spacial score (nSPS) is 8.20. The molecule has 0 saturated carbocycles. The monoisotopic (exact) mass is 162 g/mol. The van der Waals surface area contributed by atoms with Crippen molar-refractivity contribution < 1.29 is 19.1 Å². The standard InChI is InChI=1S/C5H6O4S/c1-3(4(6)8-2)9-5(7)10/h1H2,2H3,(H,7,10). The number of carbonyl (C=O) groups is 2. The van der Waals surface area contributed by atoms with Crippen molar-refractivity contribution >= 4 is 23.9 Å². The van der Waals surface area contributed by atoms with Gasteiger partial charge < -0.3 is 9.47 Å². The molecule has 4 nitrogen and oxygen atoms in total. The van der Waals surface area contributed by atoms with Gasteiger partial charge in [0.2, 0.25) is 5.76 Å². The summed E-state index contributed by atoms with van der Waals surface area (Å²) in [5.74, 6) is -1.16. The molecule has 0 unspecified atom stereocenters. The maximum Gasteiger partial charge on any atom is 0.373 e. The minimum Gasteiger partial charge on any atom is -0.463 e. The predicted molar refractivity (Wildman–Crippen MR) is 36.6 cm³/mol. The van der Waals surface area contributed by atoms with Gasteiger partial charge in [-0.15, -0.1) is 0 Å². The van der Waals surface area contributed by atoms with E-state index in [9.17, 15) is 9.59 Å². The maximum absolute atomic E-state index is 10.4. The quantitative estimate of drug-likeness (QED) is 0.281. The molecule has 0 atom stereocenters. The van der Waals surface area contributed by atoms with Gasteiger partial charge in [0, 0.05) is 0 Å². The summed E-state index contributed by atoms with van der Waals surface area (Å²) in [5.41, 5.74) is 0. The smallest absolute Gasteiger partial charge is 0.373 e. The van der Waals surface area contributed by atoms with Gasteiger partial charge in [0.25, 0.3) is 0 Å². The number of methoxy groups -OCH3 is 1. The zero-order valence-corrected chi connectivity index (χ0v) is 6.18. The van der Waals surface area contributed by atoms with Crippen LogP contribution in [0.5, 0.6) is 0 Å². The van der Waals surface area contributed by atoms with Crippen molar-refractivity contribution in [2.45, 2.75) is 0 Å². The molecule has 0 aromatic heterocycles. The van der Waals surface area contributed by atoms with Crippen LogP contribution in [0.3, 0.4) is 0 Å². The number of thiol groups is 1. The van der Waals surface area contributed by atoms with Crippen LogP contribution in [0.4, 0.5) is 4.79 Å². The molecule has 56 valence electrons. The molecule has 0 saturated heterocycles. The fraction of sp³-hybridized carbons (Fsp3) is 0.200. The lowest BCUT2D eigenvalue weighted by Gasteiger charge is -1.99. The van der Waals surface area contributed by atoms with Gasteiger partial charge in [-0.3, -0.25) is 0 Å². The van der Waals surface area contributed by atoms with E-state index in [0.717, 1.165) is 7.11 Å². The van der Waals surface area contributed by atoms with Crippen LogP contribution in [0.1, 0.15) is 0 Å². The molecule has 0 bridgehead atoms. The Morgan fingerprint density at radius 1 is 1.50 bits per heavy atom. The highest BCUT2D eigenvalue weighted by atomic mass is 32.1. The van der Waals surface area contributed by atoms with Crippen LogP contribution in [0.25, 0.3) is 0 Å². The van der Waals surface area contributed by atoms with Crippen molar-refractivity contribution in [1.82, 2.24) is 0 Å². The summed E-state index contributed by atoms with van der Waals surface area (Å²) in [5, 5.41) is -0.893. The number of ether oxygens (including phenoxy) is 2. The van der Waals surface area contributed by atoms with Crippen LogP contribution in [0, 0.1) is 0 Å². The second-order valence-corrected chi connectivity index (χ2v) is 1.65. The van der Waals surface area contributed by atoms with Crippen molar-refractivity contribution in [2.75, 3.05) is 7.11 Å². The van der Waals surface area contributed by atoms with E-state index in [2.05, 4.69) is 28.7 Å². The second-order valence-electron chi connectivity index (χ2n) is 1.28. The minimum atomic E-state index is -0.893. The van der Waals surface area contributed by atoms with Crippen molar-refractivity contribution in [3.05, 3.63) is 12.3 Å². The molecule has 0 heterocycles. The fourth-order valence-electron chi connectivity index (χ4n) is 0.261. The number of carbonyl (C=O) groups excluding carboxylic acids is 2. The lowest BCUT2D eigenvalue weighted by molar-refractivity contribution is -0.138. The Hall–Kier alpha value is -0.970. The summed E-state index contributed by atoms with van der Waals surface area (Å²) in [6.45, 7) is 3.10. The molecule has 10 heavy (non-hydrogen) atoms. The first kappa shape index (κ1) is 9.03. The molecule has 0 amide bonds. The van der Waals surface area contributed by atoms with Gasteiger partial charge in [-0.1, -0.05) is 12.6 Å². The van der Waals surface area contributed by atoms with E-state index in [1.165, 1.54) is 0 Å². The summed E-state index contributed by atoms with van der Waals surface area (Å²) >= 11 is 3.24. The number of hydrogen-bond donors (Lipinski definition) is 1. The van der Waals surface area contributed by atoms with Crippen molar-refractivity contribution in [1.29, 1.82) is 0 Å². The Labute approximate surface area is 63.2 Å². The third kappa shape index (κ3) is 3.13. The molecule has 0 aliphatic carbocycles. The Kier molecular flexibility index (Phi) is 3.56. The number of hydrogen-bond acceptors (Lipinski definition) is 4. The summed E-state index contributed by atoms with van der Waals surface area (Å²) in [6.07, 6.45) is 0. The highest BCUT2D eigenvalue weighted by molar-refractivity contribution is 7.96. The highest BCUT2D eigenvalue weighted by Gasteiger charge is 2.09. The lowest BCUT2D eigenvalue weighted by atomic mass is 10.6. The highest BCUT2D eigenvalue weighted by Crippen LogP contribution is 1.99. The molecule has 0 aliphatic heterocycles. The van der Waals surface area contributed by atoms with Gasteiger partial charge in [0.15, 0.2) is 0 Å². The van der Waals surface area contributed by atoms with Crippen LogP contribution in [-0.2, 0) is 14.3 Å². The number of esters is 1. The zero-order valence-electron chi connectivity index (χ0n) is 5.29. The zero-order chi connectivity index (χ0) is 8.15. The lowest BCUT2D eigenvalue weighted by Crippen LogP contribution is -2.07. The first-order valence-corrected chi connectivity index (χ1v) is 2.70. The van der Waals surface area contributed by atoms with Crippen LogP contribution in [0.2, 0.25) is 0 Å². The van der Waals surface area contributed by atoms with Gasteiger partial charge in [0.1, 0.15) is 0 Å². The van der Waals surface area contributed by atoms with Gasteiger partial charge in [-0.05, 0) is 6.58 Å². The molecule has 0 rings (SSSR count). The molecule has 0 N–H and O–H groups in total. The van der Waals surface area contributed by atoms with E-state index in [1.54, 1.807) is 0 Å². The van der Waals surface area contributed by atoms with Gasteiger partial charge in [-0.25, -0.2) is 9.59 Å². The summed E-state index contributed by atoms with van der Waals surface area (Å²) < 4.78 is 8.32. The fourth-order valence-corrected chi connectivity index (χ4v) is 0.371. The first-order chi connectivity index (χ1) is 4.57. The molecule has 0 aromatic carbocycles. The summed E-state index contributed by atoms with van der Waals surface area (Å²) in [6, 6.07) is 0. The second kappa shape index (κ2) is 3.94. The number of rotatable bonds is 2.